The Balaban J connectivity index is 0.000000384. The maximum Gasteiger partial charge on any atom is 0.490 e. The second kappa shape index (κ2) is 9.93. The number of aliphatic carboxylic acids is 1. The molecule has 2 aliphatic rings. The van der Waals surface area contributed by atoms with Crippen LogP contribution < -0.4 is 15.5 Å². The molecule has 0 radical (unpaired) electrons. The molecular weight excluding hydrogens is 513 g/mol. The molecular formula is C20H20F5N7O3S. The summed E-state index contributed by atoms with van der Waals surface area (Å²) in [6.45, 7) is 1.81. The Morgan fingerprint density at radius 3 is 2.47 bits per heavy atom. The van der Waals surface area contributed by atoms with Crippen molar-refractivity contribution in [1.82, 2.24) is 25.1 Å². The lowest BCUT2D eigenvalue weighted by Crippen LogP contribution is -2.52. The van der Waals surface area contributed by atoms with Crippen molar-refractivity contribution in [1.29, 1.82) is 0 Å². The van der Waals surface area contributed by atoms with Gasteiger partial charge in [0.1, 0.15) is 16.2 Å². The number of halogens is 5. The van der Waals surface area contributed by atoms with Gasteiger partial charge in [-0.2, -0.15) is 18.3 Å². The molecule has 5 rings (SSSR count). The SMILES string of the molecule is Cn1cc(NC(=O)c2csc3ncc(N4C5CCC4CNC5)nc23)c(C(F)F)n1.O=C(O)C(F)(F)F. The monoisotopic (exact) mass is 533 g/mol. The highest BCUT2D eigenvalue weighted by Crippen LogP contribution is 2.33. The van der Waals surface area contributed by atoms with Gasteiger partial charge in [0.25, 0.3) is 12.3 Å². The highest BCUT2D eigenvalue weighted by Gasteiger charge is 2.38. The van der Waals surface area contributed by atoms with E-state index >= 15 is 0 Å². The van der Waals surface area contributed by atoms with Crippen molar-refractivity contribution in [3.8, 4) is 0 Å². The summed E-state index contributed by atoms with van der Waals surface area (Å²) in [5.41, 5.74) is 0.358. The second-order valence-electron chi connectivity index (χ2n) is 8.14. The van der Waals surface area contributed by atoms with Crippen molar-refractivity contribution < 1.29 is 36.6 Å². The van der Waals surface area contributed by atoms with Crippen molar-refractivity contribution in [3.05, 3.63) is 29.0 Å². The van der Waals surface area contributed by atoms with Gasteiger partial charge in [0.05, 0.1) is 17.4 Å². The number of thiophene rings is 1. The lowest BCUT2D eigenvalue weighted by molar-refractivity contribution is -0.192. The van der Waals surface area contributed by atoms with Gasteiger partial charge in [0.15, 0.2) is 5.69 Å². The van der Waals surface area contributed by atoms with E-state index in [4.69, 9.17) is 14.9 Å². The zero-order valence-electron chi connectivity index (χ0n) is 18.6. The van der Waals surface area contributed by atoms with E-state index < -0.39 is 30.2 Å². The van der Waals surface area contributed by atoms with Crippen LogP contribution >= 0.6 is 11.3 Å². The molecule has 194 valence electrons. The first-order chi connectivity index (χ1) is 17.0. The van der Waals surface area contributed by atoms with Crippen LogP contribution in [0.3, 0.4) is 0 Å². The molecule has 3 aromatic rings. The number of amides is 1. The number of carbonyl (C=O) groups is 2. The Morgan fingerprint density at radius 2 is 1.89 bits per heavy atom. The standard InChI is InChI=1S/C18H19F2N7OS.C2HF3O2/c1-26-7-12(15(25-26)16(19)20)23-17(28)11-8-29-18-14(11)24-13(6-22-18)27-9-2-3-10(27)5-21-4-9;3-2(4,5)1(6)7/h6-10,16,21H,2-5H2,1H3,(H,23,28);(H,6,7). The summed E-state index contributed by atoms with van der Waals surface area (Å²) >= 11 is 1.31. The van der Waals surface area contributed by atoms with Gasteiger partial charge in [0, 0.05) is 43.8 Å². The zero-order chi connectivity index (χ0) is 26.2. The van der Waals surface area contributed by atoms with Crippen molar-refractivity contribution >= 4 is 45.1 Å². The summed E-state index contributed by atoms with van der Waals surface area (Å²) < 4.78 is 59.3. The van der Waals surface area contributed by atoms with Gasteiger partial charge in [-0.3, -0.25) is 9.48 Å². The van der Waals surface area contributed by atoms with Crippen LogP contribution in [0.25, 0.3) is 10.3 Å². The molecule has 0 saturated carbocycles. The predicted molar refractivity (Wildman–Crippen MR) is 119 cm³/mol. The van der Waals surface area contributed by atoms with E-state index in [-0.39, 0.29) is 5.69 Å². The smallest absolute Gasteiger partial charge is 0.475 e. The average Bonchev–Trinajstić information content (AvgIpc) is 3.46. The minimum Gasteiger partial charge on any atom is -0.475 e. The molecule has 10 nitrogen and oxygen atoms in total. The average molecular weight is 533 g/mol. The van der Waals surface area contributed by atoms with Crippen LogP contribution in [0.1, 0.15) is 35.3 Å². The van der Waals surface area contributed by atoms with Crippen LogP contribution in [0.4, 0.5) is 33.5 Å². The number of nitrogens with zero attached hydrogens (tertiary/aromatic N) is 5. The fraction of sp³-hybridized carbons (Fsp3) is 0.450. The summed E-state index contributed by atoms with van der Waals surface area (Å²) in [5.74, 6) is -2.50. The fourth-order valence-electron chi connectivity index (χ4n) is 4.19. The van der Waals surface area contributed by atoms with Crippen molar-refractivity contribution in [2.75, 3.05) is 23.3 Å². The second-order valence-corrected chi connectivity index (χ2v) is 9.00. The number of piperazine rings is 1. The molecule has 16 heteroatoms. The Kier molecular flexibility index (Phi) is 7.08. The van der Waals surface area contributed by atoms with Crippen LogP contribution in [0.5, 0.6) is 0 Å². The topological polar surface area (TPSA) is 125 Å². The molecule has 1 amide bonds. The molecule has 2 atom stereocenters. The van der Waals surface area contributed by atoms with Gasteiger partial charge in [-0.25, -0.2) is 23.5 Å². The molecule has 2 unspecified atom stereocenters. The van der Waals surface area contributed by atoms with Crippen LogP contribution in [0.15, 0.2) is 17.8 Å². The predicted octanol–water partition coefficient (Wildman–Crippen LogP) is 3.19. The minimum absolute atomic E-state index is 0.00360. The Labute approximate surface area is 204 Å². The molecule has 0 aromatic carbocycles. The molecule has 0 aliphatic carbocycles. The highest BCUT2D eigenvalue weighted by atomic mass is 32.1. The molecule has 2 fully saturated rings. The molecule has 2 bridgehead atoms. The normalized spacial score (nSPS) is 19.4. The van der Waals surface area contributed by atoms with Crippen molar-refractivity contribution in [2.45, 2.75) is 37.5 Å². The van der Waals surface area contributed by atoms with Gasteiger partial charge in [-0.1, -0.05) is 0 Å². The van der Waals surface area contributed by atoms with Crippen LogP contribution in [-0.2, 0) is 11.8 Å². The summed E-state index contributed by atoms with van der Waals surface area (Å²) in [7, 11) is 1.53. The lowest BCUT2D eigenvalue weighted by Gasteiger charge is -2.36. The number of aromatic nitrogens is 4. The van der Waals surface area contributed by atoms with Gasteiger partial charge >= 0.3 is 12.1 Å². The van der Waals surface area contributed by atoms with Crippen LogP contribution in [0, 0.1) is 0 Å². The third kappa shape index (κ3) is 5.23. The first-order valence-corrected chi connectivity index (χ1v) is 11.5. The van der Waals surface area contributed by atoms with E-state index in [0.717, 1.165) is 31.7 Å². The van der Waals surface area contributed by atoms with E-state index in [9.17, 15) is 26.7 Å². The van der Waals surface area contributed by atoms with Gasteiger partial charge in [-0.15, -0.1) is 11.3 Å². The quantitative estimate of drug-likeness (QED) is 0.437. The summed E-state index contributed by atoms with van der Waals surface area (Å²) in [4.78, 5) is 33.9. The fourth-order valence-corrected chi connectivity index (χ4v) is 5.02. The first kappa shape index (κ1) is 25.7. The third-order valence-electron chi connectivity index (χ3n) is 5.71. The largest absolute Gasteiger partial charge is 0.490 e. The van der Waals surface area contributed by atoms with Crippen LogP contribution in [0.2, 0.25) is 0 Å². The zero-order valence-corrected chi connectivity index (χ0v) is 19.4. The molecule has 2 saturated heterocycles. The highest BCUT2D eigenvalue weighted by molar-refractivity contribution is 7.17. The Hall–Kier alpha value is -3.40. The molecule has 5 heterocycles. The minimum atomic E-state index is -5.08. The van der Waals surface area contributed by atoms with E-state index in [1.165, 1.54) is 29.3 Å². The number of hydrogen-bond donors (Lipinski definition) is 3. The third-order valence-corrected chi connectivity index (χ3v) is 6.59. The van der Waals surface area contributed by atoms with Gasteiger partial charge in [0.2, 0.25) is 0 Å². The number of anilines is 2. The molecule has 2 aliphatic heterocycles. The van der Waals surface area contributed by atoms with E-state index in [1.807, 2.05) is 0 Å². The van der Waals surface area contributed by atoms with E-state index in [0.29, 0.717) is 28.0 Å². The molecule has 0 spiro atoms. The van der Waals surface area contributed by atoms with E-state index in [1.54, 1.807) is 11.6 Å². The number of hydrogen-bond acceptors (Lipinski definition) is 8. The maximum absolute atomic E-state index is 13.2. The summed E-state index contributed by atoms with van der Waals surface area (Å²) in [5, 5.41) is 18.5. The van der Waals surface area contributed by atoms with Crippen molar-refractivity contribution in [3.63, 3.8) is 0 Å². The number of carbonyl (C=O) groups excluding carboxylic acids is 1. The number of aryl methyl sites for hydroxylation is 1. The number of carboxylic acid groups (broad SMARTS) is 1. The molecule has 36 heavy (non-hydrogen) atoms. The van der Waals surface area contributed by atoms with Crippen molar-refractivity contribution in [2.24, 2.45) is 7.05 Å². The number of rotatable bonds is 4. The van der Waals surface area contributed by atoms with Gasteiger partial charge < -0.3 is 20.6 Å². The number of carboxylic acids is 1. The Morgan fingerprint density at radius 1 is 1.25 bits per heavy atom. The van der Waals surface area contributed by atoms with E-state index in [2.05, 4.69) is 25.6 Å². The molecule has 3 N–H and O–H groups in total. The summed E-state index contributed by atoms with van der Waals surface area (Å²) in [6, 6.07) is 0.751. The lowest BCUT2D eigenvalue weighted by atomic mass is 10.2. The maximum atomic E-state index is 13.2. The number of nitrogens with one attached hydrogen (secondary N) is 2. The first-order valence-electron chi connectivity index (χ1n) is 10.6. The summed E-state index contributed by atoms with van der Waals surface area (Å²) in [6.07, 6.45) is -2.53. The number of fused-ring (bicyclic) bond motifs is 3. The van der Waals surface area contributed by atoms with Gasteiger partial charge in [-0.05, 0) is 12.8 Å². The Bertz CT molecular complexity index is 1260. The number of alkyl halides is 5. The van der Waals surface area contributed by atoms with Crippen LogP contribution in [-0.4, -0.2) is 68.1 Å². The molecule has 3 aromatic heterocycles.